The Morgan fingerprint density at radius 3 is 1.05 bits per heavy atom. The minimum Gasteiger partial charge on any atom is -0.248 e. The summed E-state index contributed by atoms with van der Waals surface area (Å²) in [6.07, 6.45) is 0. The third-order valence-electron chi connectivity index (χ3n) is 10.5. The van der Waals surface area contributed by atoms with Crippen LogP contribution >= 0.6 is 0 Å². The molecule has 0 radical (unpaired) electrons. The smallest absolute Gasteiger partial charge is 0.160 e. The van der Waals surface area contributed by atoms with E-state index in [2.05, 4.69) is 176 Å². The fourth-order valence-corrected chi connectivity index (χ4v) is 7.45. The number of aromatic nitrogens is 3. The first kappa shape index (κ1) is 33.1. The van der Waals surface area contributed by atoms with E-state index in [4.69, 9.17) is 15.0 Å². The molecule has 0 fully saturated rings. The maximum Gasteiger partial charge on any atom is 0.160 e. The van der Waals surface area contributed by atoms with Gasteiger partial charge in [0.05, 0.1) is 22.8 Å². The van der Waals surface area contributed by atoms with E-state index in [9.17, 15) is 0 Å². The maximum atomic E-state index is 5.25. The van der Waals surface area contributed by atoms with Crippen molar-refractivity contribution in [2.45, 2.75) is 0 Å². The second-order valence-electron chi connectivity index (χ2n) is 14.1. The van der Waals surface area contributed by atoms with Crippen molar-refractivity contribution in [2.24, 2.45) is 0 Å². The maximum absolute atomic E-state index is 5.25. The van der Waals surface area contributed by atoms with Gasteiger partial charge in [0.1, 0.15) is 0 Å². The molecular weight excluding hydrogens is 679 g/mol. The summed E-state index contributed by atoms with van der Waals surface area (Å²) in [7, 11) is 0. The molecule has 0 aliphatic rings. The number of hydrogen-bond donors (Lipinski definition) is 0. The SMILES string of the molecule is c1ccc(-c2cc(-c3ccc(-c4ccc(-c5cc(-c6ccc7ccccc7c6)nc(-c6ccc7ccccc7c6)c5)cc4)cc3)nc(-c3ccccc3)n2)cc1. The zero-order valence-electron chi connectivity index (χ0n) is 30.5. The first-order chi connectivity index (χ1) is 27.7. The van der Waals surface area contributed by atoms with Gasteiger partial charge in [0, 0.05) is 27.8 Å². The van der Waals surface area contributed by atoms with E-state index in [1.807, 2.05) is 36.4 Å². The average Bonchev–Trinajstić information content (AvgIpc) is 3.29. The van der Waals surface area contributed by atoms with Crippen LogP contribution in [-0.2, 0) is 0 Å². The first-order valence-corrected chi connectivity index (χ1v) is 18.9. The number of benzene rings is 8. The molecule has 0 saturated heterocycles. The van der Waals surface area contributed by atoms with E-state index in [0.29, 0.717) is 5.82 Å². The summed E-state index contributed by atoms with van der Waals surface area (Å²) in [5.41, 5.74) is 13.5. The molecule has 0 spiro atoms. The molecule has 0 N–H and O–H groups in total. The highest BCUT2D eigenvalue weighted by molar-refractivity contribution is 5.90. The average molecular weight is 714 g/mol. The number of nitrogens with zero attached hydrogens (tertiary/aromatic N) is 3. The van der Waals surface area contributed by atoms with E-state index in [1.54, 1.807) is 0 Å². The van der Waals surface area contributed by atoms with Crippen molar-refractivity contribution >= 4 is 21.5 Å². The van der Waals surface area contributed by atoms with Crippen LogP contribution in [0.5, 0.6) is 0 Å². The third-order valence-corrected chi connectivity index (χ3v) is 10.5. The van der Waals surface area contributed by atoms with Crippen molar-refractivity contribution in [2.75, 3.05) is 0 Å². The van der Waals surface area contributed by atoms with Crippen molar-refractivity contribution in [3.63, 3.8) is 0 Å². The quantitative estimate of drug-likeness (QED) is 0.165. The predicted molar refractivity (Wildman–Crippen MR) is 233 cm³/mol. The van der Waals surface area contributed by atoms with Crippen LogP contribution in [0.1, 0.15) is 0 Å². The Hall–Kier alpha value is -7.49. The lowest BCUT2D eigenvalue weighted by Gasteiger charge is -2.12. The molecule has 10 rings (SSSR count). The van der Waals surface area contributed by atoms with Crippen LogP contribution in [0.25, 0.3) is 100 Å². The standard InChI is InChI=1S/C53H35N3/c1-3-13-41(14-4-1)51-35-52(56-53(55-51)43-15-5-2-6-16-43)42-27-23-39(24-28-42)38-19-21-40(22-20-38)48-33-49(46-29-25-36-11-7-9-17-44(36)31-46)54-50(34-48)47-30-26-37-12-8-10-18-45(37)32-47/h1-35H. The second kappa shape index (κ2) is 14.4. The summed E-state index contributed by atoms with van der Waals surface area (Å²) < 4.78 is 0. The molecule has 262 valence electrons. The van der Waals surface area contributed by atoms with Crippen molar-refractivity contribution in [1.29, 1.82) is 0 Å². The van der Waals surface area contributed by atoms with E-state index in [1.165, 1.54) is 21.5 Å². The molecule has 3 nitrogen and oxygen atoms in total. The molecule has 8 aromatic carbocycles. The molecule has 10 aromatic rings. The fourth-order valence-electron chi connectivity index (χ4n) is 7.45. The monoisotopic (exact) mass is 713 g/mol. The Bertz CT molecular complexity index is 2840. The van der Waals surface area contributed by atoms with Crippen LogP contribution in [-0.4, -0.2) is 15.0 Å². The molecule has 0 amide bonds. The second-order valence-corrected chi connectivity index (χ2v) is 14.1. The minimum absolute atomic E-state index is 0.713. The van der Waals surface area contributed by atoms with Crippen LogP contribution in [0, 0.1) is 0 Å². The van der Waals surface area contributed by atoms with Crippen LogP contribution < -0.4 is 0 Å². The molecule has 0 bridgehead atoms. The normalized spacial score (nSPS) is 11.2. The zero-order chi connectivity index (χ0) is 37.3. The fraction of sp³-hybridized carbons (Fsp3) is 0. The molecule has 0 saturated carbocycles. The van der Waals surface area contributed by atoms with Crippen molar-refractivity contribution < 1.29 is 0 Å². The van der Waals surface area contributed by atoms with Crippen LogP contribution in [0.2, 0.25) is 0 Å². The summed E-state index contributed by atoms with van der Waals surface area (Å²) in [5, 5.41) is 4.84. The zero-order valence-corrected chi connectivity index (χ0v) is 30.5. The van der Waals surface area contributed by atoms with Crippen molar-refractivity contribution in [3.05, 3.63) is 212 Å². The Kier molecular flexibility index (Phi) is 8.51. The summed E-state index contributed by atoms with van der Waals surface area (Å²) >= 11 is 0. The summed E-state index contributed by atoms with van der Waals surface area (Å²) in [6, 6.07) is 74.7. The Morgan fingerprint density at radius 1 is 0.196 bits per heavy atom. The highest BCUT2D eigenvalue weighted by Crippen LogP contribution is 2.35. The molecule has 56 heavy (non-hydrogen) atoms. The minimum atomic E-state index is 0.713. The topological polar surface area (TPSA) is 38.7 Å². The van der Waals surface area contributed by atoms with Gasteiger partial charge in [0.2, 0.25) is 0 Å². The highest BCUT2D eigenvalue weighted by atomic mass is 14.9. The van der Waals surface area contributed by atoms with Crippen LogP contribution in [0.4, 0.5) is 0 Å². The largest absolute Gasteiger partial charge is 0.248 e. The van der Waals surface area contributed by atoms with Gasteiger partial charge in [-0.25, -0.2) is 15.0 Å². The third kappa shape index (κ3) is 6.63. The van der Waals surface area contributed by atoms with Crippen LogP contribution in [0.3, 0.4) is 0 Å². The number of fused-ring (bicyclic) bond motifs is 2. The van der Waals surface area contributed by atoms with Gasteiger partial charge >= 0.3 is 0 Å². The van der Waals surface area contributed by atoms with Crippen molar-refractivity contribution in [1.82, 2.24) is 15.0 Å². The van der Waals surface area contributed by atoms with Gasteiger partial charge in [-0.05, 0) is 74.1 Å². The molecule has 0 aliphatic carbocycles. The van der Waals surface area contributed by atoms with Gasteiger partial charge < -0.3 is 0 Å². The Labute approximate surface area is 326 Å². The molecule has 2 aromatic heterocycles. The first-order valence-electron chi connectivity index (χ1n) is 18.9. The lowest BCUT2D eigenvalue weighted by molar-refractivity contribution is 1.18. The van der Waals surface area contributed by atoms with Gasteiger partial charge in [-0.1, -0.05) is 182 Å². The van der Waals surface area contributed by atoms with Crippen molar-refractivity contribution in [3.8, 4) is 78.7 Å². The number of pyridine rings is 1. The number of hydrogen-bond acceptors (Lipinski definition) is 3. The van der Waals surface area contributed by atoms with Gasteiger partial charge in [-0.3, -0.25) is 0 Å². The van der Waals surface area contributed by atoms with Crippen LogP contribution in [0.15, 0.2) is 212 Å². The summed E-state index contributed by atoms with van der Waals surface area (Å²) in [4.78, 5) is 15.2. The number of rotatable bonds is 7. The molecule has 0 aliphatic heterocycles. The van der Waals surface area contributed by atoms with E-state index < -0.39 is 0 Å². The molecule has 2 heterocycles. The highest BCUT2D eigenvalue weighted by Gasteiger charge is 2.13. The van der Waals surface area contributed by atoms with Gasteiger partial charge in [-0.15, -0.1) is 0 Å². The van der Waals surface area contributed by atoms with E-state index in [-0.39, 0.29) is 0 Å². The molecule has 0 unspecified atom stereocenters. The Morgan fingerprint density at radius 2 is 0.554 bits per heavy atom. The summed E-state index contributed by atoms with van der Waals surface area (Å²) in [5.74, 6) is 0.713. The molecular formula is C53H35N3. The molecule has 3 heteroatoms. The van der Waals surface area contributed by atoms with E-state index >= 15 is 0 Å². The van der Waals surface area contributed by atoms with Gasteiger partial charge in [-0.2, -0.15) is 0 Å². The lowest BCUT2D eigenvalue weighted by Crippen LogP contribution is -1.95. The summed E-state index contributed by atoms with van der Waals surface area (Å²) in [6.45, 7) is 0. The Balaban J connectivity index is 0.994. The van der Waals surface area contributed by atoms with E-state index in [0.717, 1.165) is 72.8 Å². The molecule has 0 atom stereocenters. The van der Waals surface area contributed by atoms with Gasteiger partial charge in [0.15, 0.2) is 5.82 Å². The lowest BCUT2D eigenvalue weighted by atomic mass is 9.96. The van der Waals surface area contributed by atoms with Gasteiger partial charge in [0.25, 0.3) is 0 Å². The predicted octanol–water partition coefficient (Wildman–Crippen LogP) is 13.8.